The van der Waals surface area contributed by atoms with E-state index in [2.05, 4.69) is 5.43 Å². The van der Waals surface area contributed by atoms with Crippen molar-refractivity contribution in [3.05, 3.63) is 35.4 Å². The first-order valence-corrected chi connectivity index (χ1v) is 5.97. The topological polar surface area (TPSA) is 50.8 Å². The molecule has 98 valence electrons. The first kappa shape index (κ1) is 12.9. The van der Waals surface area contributed by atoms with Crippen LogP contribution in [-0.2, 0) is 14.3 Å². The molecule has 0 amide bonds. The van der Waals surface area contributed by atoms with Crippen LogP contribution in [0.15, 0.2) is 35.4 Å². The lowest BCUT2D eigenvalue weighted by Gasteiger charge is -2.28. The van der Waals surface area contributed by atoms with Crippen molar-refractivity contribution in [3.8, 4) is 0 Å². The molecule has 0 bridgehead atoms. The predicted octanol–water partition coefficient (Wildman–Crippen LogP) is 1.11. The first-order valence-electron chi connectivity index (χ1n) is 5.97. The van der Waals surface area contributed by atoms with Crippen molar-refractivity contribution in [2.45, 2.75) is 19.4 Å². The number of allylic oxidation sites excluding steroid dienone is 3. The number of rotatable bonds is 5. The van der Waals surface area contributed by atoms with Crippen LogP contribution in [0.3, 0.4) is 0 Å². The molecule has 18 heavy (non-hydrogen) atoms. The number of carbonyl (C=O) groups is 1. The van der Waals surface area contributed by atoms with Gasteiger partial charge in [0.2, 0.25) is 5.88 Å². The molecule has 0 aliphatic carbocycles. The SMILES string of the molecule is CCC(=O)C1=CC=C(OC)N2NC(COC)C=C12. The van der Waals surface area contributed by atoms with Gasteiger partial charge in [-0.15, -0.1) is 0 Å². The molecule has 0 aromatic carbocycles. The van der Waals surface area contributed by atoms with E-state index >= 15 is 0 Å². The maximum atomic E-state index is 11.9. The van der Waals surface area contributed by atoms with E-state index in [1.165, 1.54) is 0 Å². The number of methoxy groups -OCH3 is 2. The first-order chi connectivity index (χ1) is 8.71. The number of carbonyl (C=O) groups excluding carboxylic acids is 1. The lowest BCUT2D eigenvalue weighted by Crippen LogP contribution is -2.40. The van der Waals surface area contributed by atoms with Crippen molar-refractivity contribution in [3.63, 3.8) is 0 Å². The molecular weight excluding hydrogens is 232 g/mol. The molecule has 0 spiro atoms. The zero-order valence-corrected chi connectivity index (χ0v) is 10.9. The van der Waals surface area contributed by atoms with Gasteiger partial charge in [0, 0.05) is 25.2 Å². The Kier molecular flexibility index (Phi) is 3.84. The van der Waals surface area contributed by atoms with Crippen LogP contribution in [0.1, 0.15) is 13.3 Å². The van der Waals surface area contributed by atoms with Crippen LogP contribution in [0, 0.1) is 0 Å². The predicted molar refractivity (Wildman–Crippen MR) is 67.2 cm³/mol. The van der Waals surface area contributed by atoms with Gasteiger partial charge in [-0.1, -0.05) is 6.92 Å². The van der Waals surface area contributed by atoms with Crippen LogP contribution in [0.4, 0.5) is 0 Å². The lowest BCUT2D eigenvalue weighted by molar-refractivity contribution is -0.115. The number of Topliss-reactive ketones (excluding diaryl/α,β-unsaturated/α-hetero) is 1. The Labute approximate surface area is 107 Å². The summed E-state index contributed by atoms with van der Waals surface area (Å²) in [5.74, 6) is 0.796. The van der Waals surface area contributed by atoms with E-state index < -0.39 is 0 Å². The van der Waals surface area contributed by atoms with E-state index in [0.29, 0.717) is 24.5 Å². The van der Waals surface area contributed by atoms with Crippen molar-refractivity contribution in [1.29, 1.82) is 0 Å². The number of hydrogen-bond donors (Lipinski definition) is 1. The van der Waals surface area contributed by atoms with Gasteiger partial charge in [0.25, 0.3) is 0 Å². The molecule has 2 heterocycles. The molecule has 0 aromatic heterocycles. The van der Waals surface area contributed by atoms with Crippen LogP contribution in [0.5, 0.6) is 0 Å². The van der Waals surface area contributed by atoms with Crippen LogP contribution >= 0.6 is 0 Å². The Morgan fingerprint density at radius 3 is 2.83 bits per heavy atom. The average Bonchev–Trinajstić information content (AvgIpc) is 2.80. The largest absolute Gasteiger partial charge is 0.481 e. The number of nitrogens with zero attached hydrogens (tertiary/aromatic N) is 1. The van der Waals surface area contributed by atoms with Crippen molar-refractivity contribution >= 4 is 5.78 Å². The molecule has 0 fully saturated rings. The number of hydrogen-bond acceptors (Lipinski definition) is 5. The molecule has 0 saturated heterocycles. The number of hydrazine groups is 1. The summed E-state index contributed by atoms with van der Waals surface area (Å²) < 4.78 is 10.4. The van der Waals surface area contributed by atoms with Crippen molar-refractivity contribution in [2.24, 2.45) is 0 Å². The summed E-state index contributed by atoms with van der Waals surface area (Å²) in [6.07, 6.45) is 6.09. The Morgan fingerprint density at radius 2 is 2.22 bits per heavy atom. The minimum Gasteiger partial charge on any atom is -0.481 e. The maximum Gasteiger partial charge on any atom is 0.208 e. The van der Waals surface area contributed by atoms with Gasteiger partial charge in [0.05, 0.1) is 25.5 Å². The Hall–Kier alpha value is -1.59. The summed E-state index contributed by atoms with van der Waals surface area (Å²) in [4.78, 5) is 11.9. The summed E-state index contributed by atoms with van der Waals surface area (Å²) in [6.45, 7) is 2.41. The average molecular weight is 250 g/mol. The van der Waals surface area contributed by atoms with Crippen LogP contribution in [0.25, 0.3) is 0 Å². The fourth-order valence-corrected chi connectivity index (χ4v) is 2.10. The zero-order valence-electron chi connectivity index (χ0n) is 10.9. The highest BCUT2D eigenvalue weighted by Gasteiger charge is 2.32. The number of nitrogens with one attached hydrogen (secondary N) is 1. The Balaban J connectivity index is 2.31. The third kappa shape index (κ3) is 2.19. The van der Waals surface area contributed by atoms with Gasteiger partial charge >= 0.3 is 0 Å². The second kappa shape index (κ2) is 5.37. The normalized spacial score (nSPS) is 22.1. The quantitative estimate of drug-likeness (QED) is 0.792. The van der Waals surface area contributed by atoms with Crippen LogP contribution in [0.2, 0.25) is 0 Å². The monoisotopic (exact) mass is 250 g/mol. The van der Waals surface area contributed by atoms with E-state index in [0.717, 1.165) is 5.70 Å². The summed E-state index contributed by atoms with van der Waals surface area (Å²) in [5, 5.41) is 1.80. The van der Waals surface area contributed by atoms with Gasteiger partial charge < -0.3 is 9.47 Å². The third-order valence-corrected chi connectivity index (χ3v) is 2.96. The van der Waals surface area contributed by atoms with Crippen molar-refractivity contribution in [2.75, 3.05) is 20.8 Å². The lowest BCUT2D eigenvalue weighted by atomic mass is 10.0. The molecule has 1 N–H and O–H groups in total. The van der Waals surface area contributed by atoms with Gasteiger partial charge in [-0.3, -0.25) is 4.79 Å². The Bertz CT molecular complexity index is 438. The molecule has 5 heteroatoms. The molecule has 1 unspecified atom stereocenters. The highest BCUT2D eigenvalue weighted by molar-refractivity contribution is 6.00. The third-order valence-electron chi connectivity index (χ3n) is 2.96. The van der Waals surface area contributed by atoms with Crippen LogP contribution in [-0.4, -0.2) is 37.7 Å². The Morgan fingerprint density at radius 1 is 1.44 bits per heavy atom. The summed E-state index contributed by atoms with van der Waals surface area (Å²) in [7, 11) is 3.26. The van der Waals surface area contributed by atoms with Gasteiger partial charge in [0.15, 0.2) is 5.78 Å². The van der Waals surface area contributed by atoms with Crippen LogP contribution < -0.4 is 5.43 Å². The van der Waals surface area contributed by atoms with E-state index in [1.54, 1.807) is 25.3 Å². The molecule has 5 nitrogen and oxygen atoms in total. The second-order valence-electron chi connectivity index (χ2n) is 4.14. The molecule has 2 aliphatic heterocycles. The molecular formula is C13H18N2O3. The molecule has 1 atom stereocenters. The van der Waals surface area contributed by atoms with Gasteiger partial charge in [-0.25, -0.2) is 10.4 Å². The fraction of sp³-hybridized carbons (Fsp3) is 0.462. The summed E-state index contributed by atoms with van der Waals surface area (Å²) >= 11 is 0. The van der Waals surface area contributed by atoms with E-state index in [9.17, 15) is 4.79 Å². The zero-order chi connectivity index (χ0) is 13.1. The molecule has 0 saturated carbocycles. The minimum atomic E-state index is 0.0507. The molecule has 0 radical (unpaired) electrons. The number of ether oxygens (including phenoxy) is 2. The standard InChI is InChI=1S/C13H18N2O3/c1-4-12(16)10-5-6-13(18-3)15-11(10)7-9(14-15)8-17-2/h5-7,9,14H,4,8H2,1-3H3. The highest BCUT2D eigenvalue weighted by atomic mass is 16.5. The van der Waals surface area contributed by atoms with Gasteiger partial charge in [-0.2, -0.15) is 0 Å². The summed E-state index contributed by atoms with van der Waals surface area (Å²) in [6, 6.07) is 0.0507. The smallest absolute Gasteiger partial charge is 0.208 e. The highest BCUT2D eigenvalue weighted by Crippen LogP contribution is 2.29. The number of ketones is 1. The van der Waals surface area contributed by atoms with E-state index in [1.807, 2.05) is 19.1 Å². The van der Waals surface area contributed by atoms with E-state index in [-0.39, 0.29) is 11.8 Å². The van der Waals surface area contributed by atoms with Gasteiger partial charge in [-0.05, 0) is 12.2 Å². The fourth-order valence-electron chi connectivity index (χ4n) is 2.10. The summed E-state index contributed by atoms with van der Waals surface area (Å²) in [5.41, 5.74) is 4.80. The van der Waals surface area contributed by atoms with E-state index in [4.69, 9.17) is 9.47 Å². The second-order valence-corrected chi connectivity index (χ2v) is 4.14. The minimum absolute atomic E-state index is 0.0507. The van der Waals surface area contributed by atoms with Crippen molar-refractivity contribution in [1.82, 2.24) is 10.4 Å². The molecule has 0 aromatic rings. The van der Waals surface area contributed by atoms with Gasteiger partial charge in [0.1, 0.15) is 0 Å². The number of fused-ring (bicyclic) bond motifs is 1. The van der Waals surface area contributed by atoms with Crippen molar-refractivity contribution < 1.29 is 14.3 Å². The maximum absolute atomic E-state index is 11.9. The molecule has 2 rings (SSSR count). The molecule has 2 aliphatic rings.